The molecule has 0 bridgehead atoms. The van der Waals surface area contributed by atoms with Gasteiger partial charge in [-0.1, -0.05) is 42.0 Å². The second-order valence-corrected chi connectivity index (χ2v) is 8.48. The number of anilines is 1. The predicted octanol–water partition coefficient (Wildman–Crippen LogP) is 5.56. The Hall–Kier alpha value is -3.86. The Morgan fingerprint density at radius 3 is 2.36 bits per heavy atom. The number of aryl methyl sites for hydroxylation is 3. The van der Waals surface area contributed by atoms with Crippen molar-refractivity contribution in [3.05, 3.63) is 99.6 Å². The average molecular weight is 442 g/mol. The van der Waals surface area contributed by atoms with Crippen LogP contribution in [0.3, 0.4) is 0 Å². The van der Waals surface area contributed by atoms with Crippen molar-refractivity contribution in [1.29, 1.82) is 0 Å². The summed E-state index contributed by atoms with van der Waals surface area (Å²) in [7, 11) is 1.57. The number of hydrogen-bond acceptors (Lipinski definition) is 4. The topological polar surface area (TPSA) is 66.8 Å². The van der Waals surface area contributed by atoms with Crippen molar-refractivity contribution in [2.24, 2.45) is 0 Å². The number of amides is 1. The summed E-state index contributed by atoms with van der Waals surface area (Å²) in [6.07, 6.45) is 0. The molecule has 1 amide bonds. The number of carbonyl (C=O) groups excluding carboxylic acids is 2. The highest BCUT2D eigenvalue weighted by Gasteiger charge is 2.47. The van der Waals surface area contributed by atoms with Crippen LogP contribution in [0.1, 0.15) is 39.4 Å². The van der Waals surface area contributed by atoms with Crippen molar-refractivity contribution in [2.75, 3.05) is 12.0 Å². The summed E-state index contributed by atoms with van der Waals surface area (Å²) in [5.41, 5.74) is 5.62. The molecular formula is C28H27NO4. The van der Waals surface area contributed by atoms with Crippen molar-refractivity contribution in [2.45, 2.75) is 33.7 Å². The van der Waals surface area contributed by atoms with Crippen molar-refractivity contribution in [3.8, 4) is 5.75 Å². The fourth-order valence-corrected chi connectivity index (χ4v) is 4.34. The number of aliphatic hydroxyl groups is 1. The normalized spacial score (nSPS) is 17.5. The summed E-state index contributed by atoms with van der Waals surface area (Å²) in [5, 5.41) is 11.4. The van der Waals surface area contributed by atoms with E-state index in [1.54, 1.807) is 19.2 Å². The van der Waals surface area contributed by atoms with Gasteiger partial charge in [0.15, 0.2) is 0 Å². The predicted molar refractivity (Wildman–Crippen MR) is 130 cm³/mol. The highest BCUT2D eigenvalue weighted by molar-refractivity contribution is 6.51. The van der Waals surface area contributed by atoms with E-state index in [9.17, 15) is 14.7 Å². The Morgan fingerprint density at radius 1 is 0.909 bits per heavy atom. The SMILES string of the molecule is COc1cccc(C2/C(=C(\O)c3cc(C)ccc3C)C(=O)C(=O)N2c2cccc(C)c2C)c1. The monoisotopic (exact) mass is 441 g/mol. The molecule has 1 aliphatic rings. The summed E-state index contributed by atoms with van der Waals surface area (Å²) < 4.78 is 5.40. The molecule has 1 saturated heterocycles. The van der Waals surface area contributed by atoms with Crippen LogP contribution in [-0.4, -0.2) is 23.9 Å². The minimum absolute atomic E-state index is 0.0721. The van der Waals surface area contributed by atoms with E-state index in [4.69, 9.17) is 4.74 Å². The van der Waals surface area contributed by atoms with Crippen LogP contribution in [-0.2, 0) is 9.59 Å². The zero-order chi connectivity index (χ0) is 23.9. The van der Waals surface area contributed by atoms with Gasteiger partial charge in [-0.25, -0.2) is 0 Å². The number of aliphatic hydroxyl groups excluding tert-OH is 1. The van der Waals surface area contributed by atoms with E-state index in [-0.39, 0.29) is 11.3 Å². The van der Waals surface area contributed by atoms with Crippen LogP contribution < -0.4 is 9.64 Å². The average Bonchev–Trinajstić information content (AvgIpc) is 3.07. The fraction of sp³-hybridized carbons (Fsp3) is 0.214. The molecule has 4 rings (SSSR count). The van der Waals surface area contributed by atoms with E-state index < -0.39 is 17.7 Å². The van der Waals surface area contributed by atoms with Crippen LogP contribution in [0.5, 0.6) is 5.75 Å². The van der Waals surface area contributed by atoms with Gasteiger partial charge in [0.25, 0.3) is 11.7 Å². The van der Waals surface area contributed by atoms with Gasteiger partial charge in [0.2, 0.25) is 0 Å². The lowest BCUT2D eigenvalue weighted by Crippen LogP contribution is -2.30. The number of carbonyl (C=O) groups is 2. The standard InChI is InChI=1S/C28H27NO4/c1-16-12-13-18(3)22(14-16)26(30)24-25(20-9-7-10-21(15-20)33-5)29(28(32)27(24)31)23-11-6-8-17(2)19(23)4/h6-15,25,30H,1-5H3/b26-24+. The van der Waals surface area contributed by atoms with E-state index >= 15 is 0 Å². The Kier molecular flexibility index (Phi) is 5.81. The van der Waals surface area contributed by atoms with Crippen LogP contribution in [0.25, 0.3) is 5.76 Å². The number of benzene rings is 3. The number of ketones is 1. The summed E-state index contributed by atoms with van der Waals surface area (Å²) in [5.74, 6) is -0.938. The molecule has 5 heteroatoms. The van der Waals surface area contributed by atoms with Crippen molar-refractivity contribution in [1.82, 2.24) is 0 Å². The number of hydrogen-bond donors (Lipinski definition) is 1. The van der Waals surface area contributed by atoms with Crippen molar-refractivity contribution < 1.29 is 19.4 Å². The number of methoxy groups -OCH3 is 1. The molecule has 0 aliphatic carbocycles. The first-order chi connectivity index (χ1) is 15.7. The van der Waals surface area contributed by atoms with E-state index in [1.165, 1.54) is 4.90 Å². The molecule has 0 radical (unpaired) electrons. The Bertz CT molecular complexity index is 1300. The van der Waals surface area contributed by atoms with Crippen LogP contribution in [0.4, 0.5) is 5.69 Å². The second kappa shape index (κ2) is 8.58. The Labute approximate surface area is 193 Å². The third-order valence-electron chi connectivity index (χ3n) is 6.34. The summed E-state index contributed by atoms with van der Waals surface area (Å²) in [6.45, 7) is 7.68. The fourth-order valence-electron chi connectivity index (χ4n) is 4.34. The summed E-state index contributed by atoms with van der Waals surface area (Å²) >= 11 is 0. The Morgan fingerprint density at radius 2 is 1.64 bits per heavy atom. The number of rotatable bonds is 4. The number of nitrogens with zero attached hydrogens (tertiary/aromatic N) is 1. The van der Waals surface area contributed by atoms with E-state index in [0.29, 0.717) is 22.6 Å². The molecule has 3 aromatic carbocycles. The number of ether oxygens (including phenoxy) is 1. The molecule has 3 aromatic rings. The molecule has 33 heavy (non-hydrogen) atoms. The first-order valence-corrected chi connectivity index (χ1v) is 10.8. The van der Waals surface area contributed by atoms with E-state index in [0.717, 1.165) is 22.3 Å². The quantitative estimate of drug-likeness (QED) is 0.327. The molecule has 0 saturated carbocycles. The lowest BCUT2D eigenvalue weighted by molar-refractivity contribution is -0.132. The molecule has 0 spiro atoms. The second-order valence-electron chi connectivity index (χ2n) is 8.48. The largest absolute Gasteiger partial charge is 0.507 e. The molecule has 1 heterocycles. The van der Waals surface area contributed by atoms with Crippen LogP contribution >= 0.6 is 0 Å². The van der Waals surface area contributed by atoms with Crippen molar-refractivity contribution >= 4 is 23.1 Å². The third-order valence-corrected chi connectivity index (χ3v) is 6.34. The van der Waals surface area contributed by atoms with Crippen LogP contribution in [0.2, 0.25) is 0 Å². The molecule has 5 nitrogen and oxygen atoms in total. The molecule has 0 aromatic heterocycles. The zero-order valence-corrected chi connectivity index (χ0v) is 19.5. The van der Waals surface area contributed by atoms with Gasteiger partial charge in [0.05, 0.1) is 18.7 Å². The molecule has 168 valence electrons. The van der Waals surface area contributed by atoms with Gasteiger partial charge < -0.3 is 9.84 Å². The van der Waals surface area contributed by atoms with Crippen LogP contribution in [0.15, 0.2) is 66.2 Å². The molecule has 1 atom stereocenters. The van der Waals surface area contributed by atoms with Gasteiger partial charge in [-0.2, -0.15) is 0 Å². The van der Waals surface area contributed by atoms with Gasteiger partial charge >= 0.3 is 0 Å². The van der Waals surface area contributed by atoms with Crippen LogP contribution in [0, 0.1) is 27.7 Å². The number of Topliss-reactive ketones (excluding diaryl/α,β-unsaturated/α-hetero) is 1. The highest BCUT2D eigenvalue weighted by Crippen LogP contribution is 2.44. The zero-order valence-electron chi connectivity index (χ0n) is 19.5. The summed E-state index contributed by atoms with van der Waals surface area (Å²) in [6, 6.07) is 17.8. The first-order valence-electron chi connectivity index (χ1n) is 10.8. The van der Waals surface area contributed by atoms with Gasteiger partial charge in [-0.05, 0) is 74.2 Å². The van der Waals surface area contributed by atoms with Gasteiger partial charge in [-0.3, -0.25) is 14.5 Å². The molecule has 1 N–H and O–H groups in total. The maximum Gasteiger partial charge on any atom is 0.300 e. The van der Waals surface area contributed by atoms with E-state index in [2.05, 4.69) is 0 Å². The smallest absolute Gasteiger partial charge is 0.300 e. The lowest BCUT2D eigenvalue weighted by Gasteiger charge is -2.27. The minimum atomic E-state index is -0.791. The van der Waals surface area contributed by atoms with Crippen molar-refractivity contribution in [3.63, 3.8) is 0 Å². The maximum atomic E-state index is 13.4. The lowest BCUT2D eigenvalue weighted by atomic mass is 9.93. The third kappa shape index (κ3) is 3.80. The van der Waals surface area contributed by atoms with Gasteiger partial charge in [0.1, 0.15) is 11.5 Å². The molecule has 1 unspecified atom stereocenters. The Balaban J connectivity index is 2.03. The minimum Gasteiger partial charge on any atom is -0.507 e. The van der Waals surface area contributed by atoms with Gasteiger partial charge in [0, 0.05) is 11.3 Å². The first kappa shape index (κ1) is 22.3. The maximum absolute atomic E-state index is 13.4. The van der Waals surface area contributed by atoms with Gasteiger partial charge in [-0.15, -0.1) is 0 Å². The van der Waals surface area contributed by atoms with E-state index in [1.807, 2.05) is 76.2 Å². The molecule has 1 aliphatic heterocycles. The summed E-state index contributed by atoms with van der Waals surface area (Å²) in [4.78, 5) is 28.3. The molecule has 1 fully saturated rings. The highest BCUT2D eigenvalue weighted by atomic mass is 16.5. The molecular weight excluding hydrogens is 414 g/mol.